The van der Waals surface area contributed by atoms with Crippen LogP contribution in [0.5, 0.6) is 0 Å². The van der Waals surface area contributed by atoms with Crippen LogP contribution < -0.4 is 16.0 Å². The summed E-state index contributed by atoms with van der Waals surface area (Å²) < 4.78 is 73.0. The van der Waals surface area contributed by atoms with E-state index >= 15 is 0 Å². The van der Waals surface area contributed by atoms with Gasteiger partial charge >= 0.3 is 36.2 Å². The molecule has 3 aromatic carbocycles. The van der Waals surface area contributed by atoms with E-state index in [1.54, 1.807) is 57.6 Å². The first-order valence-electron chi connectivity index (χ1n) is 38.9. The van der Waals surface area contributed by atoms with Gasteiger partial charge in [0, 0.05) is 71.2 Å². The van der Waals surface area contributed by atoms with Gasteiger partial charge in [0.25, 0.3) is 0 Å². The number of aromatic nitrogens is 3. The molecule has 6 aliphatic carbocycles. The van der Waals surface area contributed by atoms with Crippen LogP contribution in [-0.2, 0) is 42.8 Å². The maximum absolute atomic E-state index is 13.6. The third kappa shape index (κ3) is 17.9. The van der Waals surface area contributed by atoms with Crippen LogP contribution in [-0.4, -0.2) is 107 Å². The molecule has 0 radical (unpaired) electrons. The van der Waals surface area contributed by atoms with Gasteiger partial charge in [0.15, 0.2) is 0 Å². The maximum atomic E-state index is 13.6. The van der Waals surface area contributed by atoms with Gasteiger partial charge in [-0.05, 0) is 261 Å². The Morgan fingerprint density at radius 3 is 0.944 bits per heavy atom. The molecule has 6 saturated carbocycles. The normalized spacial score (nSPS) is 31.4. The predicted molar refractivity (Wildman–Crippen MR) is 402 cm³/mol. The number of benzene rings is 3. The largest absolute Gasteiger partial charge is 0.462 e. The van der Waals surface area contributed by atoms with Crippen molar-refractivity contribution in [1.29, 1.82) is 0 Å². The Balaban J connectivity index is 0.000000143. The van der Waals surface area contributed by atoms with Gasteiger partial charge < -0.3 is 44.4 Å². The molecule has 3 aliphatic heterocycles. The van der Waals surface area contributed by atoms with Crippen molar-refractivity contribution in [2.45, 2.75) is 155 Å². The second kappa shape index (κ2) is 34.7. The molecule has 6 aromatic rings. The molecule has 570 valence electrons. The van der Waals surface area contributed by atoms with E-state index in [-0.39, 0.29) is 143 Å². The van der Waals surface area contributed by atoms with Crippen LogP contribution in [0, 0.1) is 106 Å². The Hall–Kier alpha value is -9.66. The second-order valence-electron chi connectivity index (χ2n) is 30.8. The van der Waals surface area contributed by atoms with Gasteiger partial charge in [0.05, 0.1) is 54.7 Å². The van der Waals surface area contributed by atoms with E-state index in [1.165, 1.54) is 36.4 Å². The Morgan fingerprint density at radius 2 is 0.694 bits per heavy atom. The molecule has 108 heavy (non-hydrogen) atoms. The summed E-state index contributed by atoms with van der Waals surface area (Å²) in [4.78, 5) is 87.7. The van der Waals surface area contributed by atoms with Gasteiger partial charge in [-0.25, -0.2) is 27.6 Å². The lowest BCUT2D eigenvalue weighted by Gasteiger charge is -2.47. The second-order valence-corrected chi connectivity index (χ2v) is 30.8. The lowest BCUT2D eigenvalue weighted by molar-refractivity contribution is -0.145. The number of carbonyl (C=O) groups is 6. The zero-order valence-electron chi connectivity index (χ0n) is 62.2. The molecule has 0 bridgehead atoms. The van der Waals surface area contributed by atoms with E-state index < -0.39 is 0 Å². The number of amides is 3. The number of nitrogens with one attached hydrogen (secondary N) is 3. The van der Waals surface area contributed by atoms with Crippen LogP contribution >= 0.6 is 0 Å². The molecular weight excluding hydrogens is 1380 g/mol. The summed E-state index contributed by atoms with van der Waals surface area (Å²) in [6.45, 7) is 12.5. The van der Waals surface area contributed by atoms with E-state index in [1.807, 2.05) is 93.6 Å². The lowest BCUT2D eigenvalue weighted by Crippen LogP contribution is -2.48. The number of ether oxygens (including phenoxy) is 6. The molecule has 3 aromatic heterocycles. The number of carbonyl (C=O) groups excluding carboxylic acids is 6. The number of pyridine rings is 3. The highest BCUT2D eigenvalue weighted by Crippen LogP contribution is 2.57. The average Bonchev–Trinajstić information content (AvgIpc) is 1.54. The van der Waals surface area contributed by atoms with Gasteiger partial charge in [0.2, 0.25) is 0 Å². The molecule has 15 rings (SSSR count). The quantitative estimate of drug-likeness (QED) is 0.0641. The number of halogens is 3. The number of hydrogen-bond donors (Lipinski definition) is 3. The highest BCUT2D eigenvalue weighted by molar-refractivity contribution is 5.78. The summed E-state index contributed by atoms with van der Waals surface area (Å²) in [6.07, 6.45) is 27.2. The lowest BCUT2D eigenvalue weighted by atomic mass is 9.57. The van der Waals surface area contributed by atoms with Crippen molar-refractivity contribution in [1.82, 2.24) is 30.9 Å². The van der Waals surface area contributed by atoms with Crippen molar-refractivity contribution in [3.05, 3.63) is 181 Å². The van der Waals surface area contributed by atoms with E-state index in [2.05, 4.69) is 49.1 Å². The van der Waals surface area contributed by atoms with E-state index in [9.17, 15) is 41.9 Å². The zero-order valence-corrected chi connectivity index (χ0v) is 62.2. The van der Waals surface area contributed by atoms with Crippen molar-refractivity contribution in [2.24, 2.45) is 88.8 Å². The fourth-order valence-corrected chi connectivity index (χ4v) is 19.9. The highest BCUT2D eigenvalue weighted by Gasteiger charge is 2.58. The minimum atomic E-state index is -0.368. The van der Waals surface area contributed by atoms with Crippen molar-refractivity contribution in [3.63, 3.8) is 0 Å². The van der Waals surface area contributed by atoms with Gasteiger partial charge in [-0.2, -0.15) is 0 Å². The Bertz CT molecular complexity index is 3830. The van der Waals surface area contributed by atoms with Crippen LogP contribution in [0.3, 0.4) is 0 Å². The van der Waals surface area contributed by atoms with Crippen LogP contribution in [0.25, 0.3) is 51.6 Å². The number of rotatable bonds is 15. The van der Waals surface area contributed by atoms with Crippen molar-refractivity contribution in [2.75, 3.05) is 19.8 Å². The topological polar surface area (TPSA) is 233 Å². The van der Waals surface area contributed by atoms with Crippen LogP contribution in [0.1, 0.15) is 136 Å². The first-order valence-corrected chi connectivity index (χ1v) is 38.9. The standard InChI is InChI=1S/3C29H33FN2O4/c3*1-3-35-29(34)32-23-10-11-24-20(14-23)15-26-27(17(2)36-28(26)33)25(24)12-9-22-8-7-19(16-31-22)18-5-4-6-21(30)13-18/h3*4-9,12-13,16-17,20,23-27H,3,10-11,14-15H2,1-2H3,(H,32,34)/b3*12-9+/t17-,20+,23+,24+,25-,26+,27+;17-,20-,23-,24+,25-,26-,27+;17-,20-,23-,24-,25-,26-,27+/m101/s1. The summed E-state index contributed by atoms with van der Waals surface area (Å²) in [5.41, 5.74) is 7.43. The van der Waals surface area contributed by atoms with Gasteiger partial charge in [-0.15, -0.1) is 0 Å². The molecule has 21 atom stereocenters. The van der Waals surface area contributed by atoms with Crippen LogP contribution in [0.4, 0.5) is 27.6 Å². The van der Waals surface area contributed by atoms with Gasteiger partial charge in [0.1, 0.15) is 35.8 Å². The van der Waals surface area contributed by atoms with Crippen LogP contribution in [0.2, 0.25) is 0 Å². The molecule has 0 unspecified atom stereocenters. The van der Waals surface area contributed by atoms with Crippen molar-refractivity contribution < 1.29 is 70.4 Å². The molecule has 3 N–H and O–H groups in total. The van der Waals surface area contributed by atoms with E-state index in [4.69, 9.17) is 28.4 Å². The minimum Gasteiger partial charge on any atom is -0.462 e. The number of cyclic esters (lactones) is 3. The number of allylic oxidation sites excluding steroid dienone is 3. The van der Waals surface area contributed by atoms with E-state index in [0.717, 1.165) is 128 Å². The van der Waals surface area contributed by atoms with Crippen molar-refractivity contribution in [3.8, 4) is 33.4 Å². The number of hydrogen-bond acceptors (Lipinski definition) is 15. The first kappa shape index (κ1) is 76.5. The Labute approximate surface area is 630 Å². The van der Waals surface area contributed by atoms with Crippen molar-refractivity contribution >= 4 is 54.4 Å². The summed E-state index contributed by atoms with van der Waals surface area (Å²) in [5, 5.41) is 9.00. The fourth-order valence-electron chi connectivity index (χ4n) is 19.9. The van der Waals surface area contributed by atoms with Crippen LogP contribution in [0.15, 0.2) is 146 Å². The molecule has 6 heterocycles. The molecule has 0 spiro atoms. The molecular formula is C87H99F3N6O12. The smallest absolute Gasteiger partial charge is 0.407 e. The molecule has 9 fully saturated rings. The highest BCUT2D eigenvalue weighted by atomic mass is 19.1. The number of nitrogens with zero attached hydrogens (tertiary/aromatic N) is 3. The fraction of sp³-hybridized carbons (Fsp3) is 0.483. The molecule has 9 aliphatic rings. The number of alkyl carbamates (subject to hydrolysis) is 3. The maximum Gasteiger partial charge on any atom is 0.407 e. The Kier molecular flexibility index (Phi) is 24.6. The predicted octanol–water partition coefficient (Wildman–Crippen LogP) is 16.9. The summed E-state index contributed by atoms with van der Waals surface area (Å²) in [6, 6.07) is 31.3. The molecule has 21 heteroatoms. The van der Waals surface area contributed by atoms with E-state index in [0.29, 0.717) is 55.3 Å². The SMILES string of the molecule is CCOC(=O)N[C@@H]1CC[C@@H]2[C@H](C1)C[C@H]1C(=O)O[C@H](C)[C@H]1[C@@H]2/C=C/c1ccc(-c2cccc(F)c2)cn1.CCOC(=O)N[C@H]1CC[C@@H]2[C@@H](C1)C[C@@H]1C(=O)O[C@@H](C)[C@@H]1[C@H]2/C=C/c1ccc(-c2cccc(F)c2)cn1.CCOC(=O)N[C@H]1CC[C@H]2[C@@H](C1)C[C@@H]1C(=O)O[C@H](C)[C@H]1[C@@H]2/C=C/c1ccc(-c2cccc(F)c2)cn1. The summed E-state index contributed by atoms with van der Waals surface area (Å²) in [7, 11) is 0. The number of esters is 3. The van der Waals surface area contributed by atoms with Gasteiger partial charge in [-0.3, -0.25) is 29.3 Å². The molecule has 3 amide bonds. The molecule has 3 saturated heterocycles. The first-order chi connectivity index (χ1) is 52.3. The molecule has 18 nitrogen and oxygen atoms in total. The van der Waals surface area contributed by atoms with Gasteiger partial charge in [-0.1, -0.05) is 72.8 Å². The third-order valence-corrected chi connectivity index (χ3v) is 24.5. The average molecular weight is 1480 g/mol. The minimum absolute atomic E-state index is 0.0679. The summed E-state index contributed by atoms with van der Waals surface area (Å²) >= 11 is 0. The summed E-state index contributed by atoms with van der Waals surface area (Å²) in [5.74, 6) is 1.89. The number of fused-ring (bicyclic) bond motifs is 6. The monoisotopic (exact) mass is 1480 g/mol. The third-order valence-electron chi connectivity index (χ3n) is 24.5. The Morgan fingerprint density at radius 1 is 0.407 bits per heavy atom. The zero-order chi connectivity index (χ0) is 75.7.